The first-order valence-corrected chi connectivity index (χ1v) is 7.95. The molecule has 1 N–H and O–H groups in total. The second kappa shape index (κ2) is 6.02. The van der Waals surface area contributed by atoms with E-state index in [4.69, 9.17) is 11.6 Å². The summed E-state index contributed by atoms with van der Waals surface area (Å²) in [5.41, 5.74) is 0.849. The number of thioether (sulfide) groups is 1. The summed E-state index contributed by atoms with van der Waals surface area (Å²) in [6.07, 6.45) is 2.06. The van der Waals surface area contributed by atoms with Crippen molar-refractivity contribution < 1.29 is 0 Å². The molecule has 106 valence electrons. The van der Waals surface area contributed by atoms with Crippen LogP contribution in [0.4, 0.5) is 11.5 Å². The lowest BCUT2D eigenvalue weighted by atomic mass is 9.96. The second-order valence-electron chi connectivity index (χ2n) is 5.50. The Morgan fingerprint density at radius 2 is 1.75 bits per heavy atom. The van der Waals surface area contributed by atoms with Crippen LogP contribution in [0.5, 0.6) is 0 Å². The highest BCUT2D eigenvalue weighted by atomic mass is 35.5. The minimum atomic E-state index is -0.135. The number of hydrogen-bond acceptors (Lipinski definition) is 4. The van der Waals surface area contributed by atoms with Gasteiger partial charge in [0.15, 0.2) is 0 Å². The van der Waals surface area contributed by atoms with E-state index in [1.807, 2.05) is 12.1 Å². The average molecular weight is 308 g/mol. The van der Waals surface area contributed by atoms with Crippen LogP contribution < -0.4 is 5.32 Å². The first kappa shape index (κ1) is 15.1. The van der Waals surface area contributed by atoms with Crippen LogP contribution in [0.1, 0.15) is 26.6 Å². The Kier molecular flexibility index (Phi) is 4.55. The van der Waals surface area contributed by atoms with Crippen molar-refractivity contribution in [3.8, 4) is 0 Å². The van der Waals surface area contributed by atoms with Crippen molar-refractivity contribution >= 4 is 34.9 Å². The summed E-state index contributed by atoms with van der Waals surface area (Å²) >= 11 is 7.79. The average Bonchev–Trinajstić information content (AvgIpc) is 2.38. The van der Waals surface area contributed by atoms with E-state index in [0.29, 0.717) is 11.0 Å². The highest BCUT2D eigenvalue weighted by molar-refractivity contribution is 7.98. The van der Waals surface area contributed by atoms with Crippen LogP contribution in [-0.4, -0.2) is 16.2 Å². The molecule has 2 aromatic rings. The van der Waals surface area contributed by atoms with Gasteiger partial charge in [-0.05, 0) is 30.5 Å². The van der Waals surface area contributed by atoms with Gasteiger partial charge in [-0.3, -0.25) is 0 Å². The first-order valence-electron chi connectivity index (χ1n) is 6.34. The van der Waals surface area contributed by atoms with E-state index in [0.717, 1.165) is 11.5 Å². The number of nitrogens with zero attached hydrogens (tertiary/aromatic N) is 2. The number of nitrogens with one attached hydrogen (secondary N) is 1. The maximum Gasteiger partial charge on any atom is 0.137 e. The zero-order valence-electron chi connectivity index (χ0n) is 12.1. The fraction of sp³-hybridized carbons (Fsp3) is 0.333. The van der Waals surface area contributed by atoms with Crippen LogP contribution >= 0.6 is 23.4 Å². The van der Waals surface area contributed by atoms with Crippen molar-refractivity contribution in [3.05, 3.63) is 41.3 Å². The molecule has 1 aromatic heterocycles. The summed E-state index contributed by atoms with van der Waals surface area (Å²) in [7, 11) is 0. The minimum Gasteiger partial charge on any atom is -0.340 e. The van der Waals surface area contributed by atoms with E-state index in [9.17, 15) is 0 Å². The molecule has 0 amide bonds. The van der Waals surface area contributed by atoms with Gasteiger partial charge in [0.25, 0.3) is 0 Å². The van der Waals surface area contributed by atoms with Gasteiger partial charge in [-0.2, -0.15) is 0 Å². The predicted octanol–water partition coefficient (Wildman–Crippen LogP) is 4.89. The molecule has 0 saturated carbocycles. The molecule has 0 saturated heterocycles. The van der Waals surface area contributed by atoms with Crippen molar-refractivity contribution in [1.82, 2.24) is 9.97 Å². The number of benzene rings is 1. The number of aromatic nitrogens is 2. The molecular weight excluding hydrogens is 290 g/mol. The molecule has 0 aliphatic heterocycles. The molecule has 0 aliphatic rings. The van der Waals surface area contributed by atoms with Gasteiger partial charge in [-0.1, -0.05) is 32.4 Å². The van der Waals surface area contributed by atoms with Gasteiger partial charge in [0.1, 0.15) is 16.8 Å². The lowest BCUT2D eigenvalue weighted by Crippen LogP contribution is -2.16. The number of anilines is 2. The van der Waals surface area contributed by atoms with Crippen molar-refractivity contribution in [2.24, 2.45) is 0 Å². The van der Waals surface area contributed by atoms with Crippen molar-refractivity contribution in [2.75, 3.05) is 11.6 Å². The third kappa shape index (κ3) is 3.87. The zero-order chi connectivity index (χ0) is 14.8. The van der Waals surface area contributed by atoms with Gasteiger partial charge < -0.3 is 5.32 Å². The lowest BCUT2D eigenvalue weighted by molar-refractivity contribution is 0.546. The van der Waals surface area contributed by atoms with E-state index < -0.39 is 0 Å². The molecule has 0 spiro atoms. The molecule has 0 fully saturated rings. The summed E-state index contributed by atoms with van der Waals surface area (Å²) < 4.78 is 0. The number of rotatable bonds is 3. The van der Waals surface area contributed by atoms with E-state index >= 15 is 0 Å². The summed E-state index contributed by atoms with van der Waals surface area (Å²) in [5, 5.41) is 3.72. The van der Waals surface area contributed by atoms with E-state index in [1.165, 1.54) is 4.90 Å². The smallest absolute Gasteiger partial charge is 0.137 e. The van der Waals surface area contributed by atoms with Gasteiger partial charge in [0.05, 0.1) is 0 Å². The molecule has 1 aromatic carbocycles. The quantitative estimate of drug-likeness (QED) is 0.647. The van der Waals surface area contributed by atoms with Crippen LogP contribution in [0.15, 0.2) is 35.2 Å². The van der Waals surface area contributed by atoms with Crippen LogP contribution in [0.3, 0.4) is 0 Å². The first-order chi connectivity index (χ1) is 9.38. The topological polar surface area (TPSA) is 37.8 Å². The van der Waals surface area contributed by atoms with Gasteiger partial charge >= 0.3 is 0 Å². The largest absolute Gasteiger partial charge is 0.340 e. The molecule has 0 radical (unpaired) electrons. The van der Waals surface area contributed by atoms with Crippen LogP contribution in [0.25, 0.3) is 0 Å². The van der Waals surface area contributed by atoms with Gasteiger partial charge in [0.2, 0.25) is 0 Å². The second-order valence-corrected chi connectivity index (χ2v) is 6.77. The molecule has 3 nitrogen and oxygen atoms in total. The van der Waals surface area contributed by atoms with Crippen molar-refractivity contribution in [3.63, 3.8) is 0 Å². The maximum atomic E-state index is 6.08. The fourth-order valence-electron chi connectivity index (χ4n) is 1.64. The summed E-state index contributed by atoms with van der Waals surface area (Å²) in [6, 6.07) is 9.93. The third-order valence-corrected chi connectivity index (χ3v) is 3.67. The van der Waals surface area contributed by atoms with E-state index in [-0.39, 0.29) is 5.41 Å². The molecular formula is C15H18ClN3S. The van der Waals surface area contributed by atoms with Gasteiger partial charge in [-0.25, -0.2) is 9.97 Å². The van der Waals surface area contributed by atoms with Crippen molar-refractivity contribution in [2.45, 2.75) is 31.1 Å². The Hall–Kier alpha value is -1.26. The molecule has 0 atom stereocenters. The Bertz CT molecular complexity index is 591. The lowest BCUT2D eigenvalue weighted by Gasteiger charge is -2.17. The fourth-order valence-corrected chi connectivity index (χ4v) is 2.23. The Labute approximate surface area is 129 Å². The predicted molar refractivity (Wildman–Crippen MR) is 87.2 cm³/mol. The molecule has 0 bridgehead atoms. The molecule has 20 heavy (non-hydrogen) atoms. The SMILES string of the molecule is CSc1ccc(Nc2cc(Cl)nc(C(C)(C)C)n2)cc1. The van der Waals surface area contributed by atoms with E-state index in [2.05, 4.69) is 54.4 Å². The summed E-state index contributed by atoms with van der Waals surface area (Å²) in [5.74, 6) is 1.44. The minimum absolute atomic E-state index is 0.135. The Morgan fingerprint density at radius 3 is 2.30 bits per heavy atom. The third-order valence-electron chi connectivity index (χ3n) is 2.73. The Balaban J connectivity index is 2.26. The molecule has 0 aliphatic carbocycles. The highest BCUT2D eigenvalue weighted by Crippen LogP contribution is 2.25. The maximum absolute atomic E-state index is 6.08. The highest BCUT2D eigenvalue weighted by Gasteiger charge is 2.18. The summed E-state index contributed by atoms with van der Waals surface area (Å²) in [4.78, 5) is 10.0. The molecule has 5 heteroatoms. The number of halogens is 1. The van der Waals surface area contributed by atoms with Crippen LogP contribution in [-0.2, 0) is 5.41 Å². The number of hydrogen-bond donors (Lipinski definition) is 1. The monoisotopic (exact) mass is 307 g/mol. The van der Waals surface area contributed by atoms with Crippen molar-refractivity contribution in [1.29, 1.82) is 0 Å². The Morgan fingerprint density at radius 1 is 1.10 bits per heavy atom. The van der Waals surface area contributed by atoms with Crippen LogP contribution in [0, 0.1) is 0 Å². The van der Waals surface area contributed by atoms with Crippen LogP contribution in [0.2, 0.25) is 5.15 Å². The molecule has 0 unspecified atom stereocenters. The van der Waals surface area contributed by atoms with Gasteiger partial charge in [-0.15, -0.1) is 11.8 Å². The molecule has 1 heterocycles. The standard InChI is InChI=1S/C15H18ClN3S/c1-15(2,3)14-18-12(16)9-13(19-14)17-10-5-7-11(20-4)8-6-10/h5-9H,1-4H3,(H,17,18,19). The van der Waals surface area contributed by atoms with E-state index in [1.54, 1.807) is 17.8 Å². The zero-order valence-corrected chi connectivity index (χ0v) is 13.6. The normalized spacial score (nSPS) is 11.4. The van der Waals surface area contributed by atoms with Gasteiger partial charge in [0, 0.05) is 22.1 Å². The summed E-state index contributed by atoms with van der Waals surface area (Å²) in [6.45, 7) is 6.20. The molecule has 2 rings (SSSR count).